The van der Waals surface area contributed by atoms with Gasteiger partial charge in [-0.25, -0.2) is 4.98 Å². The molecular formula is C20H24N4O3. The van der Waals surface area contributed by atoms with E-state index >= 15 is 0 Å². The normalized spacial score (nSPS) is 14.6. The molecule has 7 nitrogen and oxygen atoms in total. The second-order valence-electron chi connectivity index (χ2n) is 6.47. The molecule has 1 saturated heterocycles. The van der Waals surface area contributed by atoms with Gasteiger partial charge in [0.05, 0.1) is 19.2 Å². The van der Waals surface area contributed by atoms with E-state index in [-0.39, 0.29) is 17.9 Å². The van der Waals surface area contributed by atoms with E-state index in [4.69, 9.17) is 4.74 Å². The summed E-state index contributed by atoms with van der Waals surface area (Å²) in [4.78, 5) is 34.4. The van der Waals surface area contributed by atoms with E-state index in [9.17, 15) is 9.59 Å². The molecule has 1 aliphatic rings. The number of hydrogen-bond acceptors (Lipinski definition) is 5. The van der Waals surface area contributed by atoms with Gasteiger partial charge in [-0.15, -0.1) is 0 Å². The van der Waals surface area contributed by atoms with Crippen molar-refractivity contribution < 1.29 is 14.3 Å². The van der Waals surface area contributed by atoms with Crippen molar-refractivity contribution in [1.82, 2.24) is 20.2 Å². The summed E-state index contributed by atoms with van der Waals surface area (Å²) in [5.74, 6) is 0.702. The SMILES string of the molecule is CCOc1ccc(CC(=O)N2CCC(NC(=O)c3cnccn3)CC2)cc1. The van der Waals surface area contributed by atoms with Gasteiger partial charge in [0.2, 0.25) is 5.91 Å². The van der Waals surface area contributed by atoms with Crippen LogP contribution in [0.2, 0.25) is 0 Å². The van der Waals surface area contributed by atoms with Crippen molar-refractivity contribution in [3.63, 3.8) is 0 Å². The maximum atomic E-state index is 12.5. The molecule has 27 heavy (non-hydrogen) atoms. The van der Waals surface area contributed by atoms with Crippen molar-refractivity contribution >= 4 is 11.8 Å². The lowest BCUT2D eigenvalue weighted by Gasteiger charge is -2.32. The van der Waals surface area contributed by atoms with Gasteiger partial charge in [-0.3, -0.25) is 14.6 Å². The maximum Gasteiger partial charge on any atom is 0.271 e. The minimum absolute atomic E-state index is 0.0500. The monoisotopic (exact) mass is 368 g/mol. The van der Waals surface area contributed by atoms with Gasteiger partial charge < -0.3 is 15.0 Å². The highest BCUT2D eigenvalue weighted by Crippen LogP contribution is 2.16. The van der Waals surface area contributed by atoms with E-state index < -0.39 is 0 Å². The number of piperidine rings is 1. The van der Waals surface area contributed by atoms with Gasteiger partial charge in [-0.2, -0.15) is 0 Å². The van der Waals surface area contributed by atoms with E-state index in [1.165, 1.54) is 18.6 Å². The molecule has 0 saturated carbocycles. The molecule has 2 aromatic rings. The van der Waals surface area contributed by atoms with Crippen molar-refractivity contribution in [2.24, 2.45) is 0 Å². The summed E-state index contributed by atoms with van der Waals surface area (Å²) < 4.78 is 5.42. The van der Waals surface area contributed by atoms with Crippen molar-refractivity contribution in [3.05, 3.63) is 54.1 Å². The Hall–Kier alpha value is -2.96. The first-order valence-corrected chi connectivity index (χ1v) is 9.22. The molecule has 0 atom stereocenters. The Morgan fingerprint density at radius 1 is 1.19 bits per heavy atom. The molecule has 1 aromatic heterocycles. The maximum absolute atomic E-state index is 12.5. The Morgan fingerprint density at radius 3 is 2.56 bits per heavy atom. The Balaban J connectivity index is 1.45. The fourth-order valence-corrected chi connectivity index (χ4v) is 3.11. The summed E-state index contributed by atoms with van der Waals surface area (Å²) in [6.45, 7) is 3.85. The summed E-state index contributed by atoms with van der Waals surface area (Å²) >= 11 is 0. The van der Waals surface area contributed by atoms with E-state index in [2.05, 4.69) is 15.3 Å². The zero-order valence-electron chi connectivity index (χ0n) is 15.4. The molecule has 2 amide bonds. The van der Waals surface area contributed by atoms with Crippen LogP contribution in [0.3, 0.4) is 0 Å². The molecule has 3 rings (SSSR count). The van der Waals surface area contributed by atoms with Crippen LogP contribution < -0.4 is 10.1 Å². The number of carbonyl (C=O) groups is 2. The van der Waals surface area contributed by atoms with E-state index in [1.54, 1.807) is 0 Å². The van der Waals surface area contributed by atoms with Crippen LogP contribution in [0, 0.1) is 0 Å². The molecule has 2 heterocycles. The molecule has 0 unspecified atom stereocenters. The summed E-state index contributed by atoms with van der Waals surface area (Å²) in [6.07, 6.45) is 6.33. The van der Waals surface area contributed by atoms with Gasteiger partial charge in [0.15, 0.2) is 0 Å². The smallest absolute Gasteiger partial charge is 0.271 e. The zero-order valence-corrected chi connectivity index (χ0v) is 15.4. The van der Waals surface area contributed by atoms with Crippen molar-refractivity contribution in [1.29, 1.82) is 0 Å². The third-order valence-corrected chi connectivity index (χ3v) is 4.57. The Kier molecular flexibility index (Phi) is 6.35. The first-order valence-electron chi connectivity index (χ1n) is 9.22. The van der Waals surface area contributed by atoms with Crippen LogP contribution in [-0.4, -0.2) is 52.4 Å². The van der Waals surface area contributed by atoms with Crippen LogP contribution in [0.25, 0.3) is 0 Å². The molecule has 0 bridgehead atoms. The molecule has 142 valence electrons. The summed E-state index contributed by atoms with van der Waals surface area (Å²) in [5, 5.41) is 2.97. The van der Waals surface area contributed by atoms with E-state index in [0.717, 1.165) is 24.2 Å². The van der Waals surface area contributed by atoms with E-state index in [0.29, 0.717) is 31.8 Å². The van der Waals surface area contributed by atoms with Crippen LogP contribution in [0.15, 0.2) is 42.9 Å². The van der Waals surface area contributed by atoms with Crippen LogP contribution in [-0.2, 0) is 11.2 Å². The largest absolute Gasteiger partial charge is 0.494 e. The van der Waals surface area contributed by atoms with Crippen LogP contribution in [0.4, 0.5) is 0 Å². The summed E-state index contributed by atoms with van der Waals surface area (Å²) in [5.41, 5.74) is 1.29. The van der Waals surface area contributed by atoms with Crippen molar-refractivity contribution in [2.45, 2.75) is 32.2 Å². The number of nitrogens with zero attached hydrogens (tertiary/aromatic N) is 3. The van der Waals surface area contributed by atoms with E-state index in [1.807, 2.05) is 36.1 Å². The number of carbonyl (C=O) groups excluding carboxylic acids is 2. The lowest BCUT2D eigenvalue weighted by molar-refractivity contribution is -0.131. The molecule has 0 radical (unpaired) electrons. The molecule has 0 spiro atoms. The molecule has 1 N–H and O–H groups in total. The number of amides is 2. The highest BCUT2D eigenvalue weighted by molar-refractivity contribution is 5.92. The second-order valence-corrected chi connectivity index (χ2v) is 6.47. The minimum atomic E-state index is -0.220. The predicted octanol–water partition coefficient (Wildman–Crippen LogP) is 1.84. The van der Waals surface area contributed by atoms with Crippen molar-refractivity contribution in [2.75, 3.05) is 19.7 Å². The number of likely N-dealkylation sites (tertiary alicyclic amines) is 1. The van der Waals surface area contributed by atoms with Crippen LogP contribution in [0.5, 0.6) is 5.75 Å². The fourth-order valence-electron chi connectivity index (χ4n) is 3.11. The lowest BCUT2D eigenvalue weighted by atomic mass is 10.0. The molecular weight excluding hydrogens is 344 g/mol. The Labute approximate surface area is 158 Å². The fraction of sp³-hybridized carbons (Fsp3) is 0.400. The molecule has 0 aliphatic carbocycles. The highest BCUT2D eigenvalue weighted by atomic mass is 16.5. The number of aromatic nitrogens is 2. The standard InChI is InChI=1S/C20H24N4O3/c1-2-27-17-5-3-15(4-6-17)13-19(25)24-11-7-16(8-12-24)23-20(26)18-14-21-9-10-22-18/h3-6,9-10,14,16H,2,7-8,11-13H2,1H3,(H,23,26). The number of benzene rings is 1. The summed E-state index contributed by atoms with van der Waals surface area (Å²) in [6, 6.07) is 7.68. The minimum Gasteiger partial charge on any atom is -0.494 e. The second kappa shape index (κ2) is 9.12. The average Bonchev–Trinajstić information content (AvgIpc) is 2.71. The first-order chi connectivity index (χ1) is 13.2. The zero-order chi connectivity index (χ0) is 19.1. The predicted molar refractivity (Wildman–Crippen MR) is 100 cm³/mol. The van der Waals surface area contributed by atoms with Gasteiger partial charge in [-0.1, -0.05) is 12.1 Å². The average molecular weight is 368 g/mol. The molecule has 7 heteroatoms. The third kappa shape index (κ3) is 5.26. The number of hydrogen-bond donors (Lipinski definition) is 1. The van der Waals surface area contributed by atoms with Gasteiger partial charge in [0.25, 0.3) is 5.91 Å². The van der Waals surface area contributed by atoms with Gasteiger partial charge in [-0.05, 0) is 37.5 Å². The van der Waals surface area contributed by atoms with Gasteiger partial charge in [0.1, 0.15) is 11.4 Å². The number of ether oxygens (including phenoxy) is 1. The van der Waals surface area contributed by atoms with Crippen molar-refractivity contribution in [3.8, 4) is 5.75 Å². The van der Waals surface area contributed by atoms with Crippen LogP contribution in [0.1, 0.15) is 35.8 Å². The quantitative estimate of drug-likeness (QED) is 0.841. The first kappa shape index (κ1) is 18.8. The van der Waals surface area contributed by atoms with Crippen LogP contribution >= 0.6 is 0 Å². The Bertz CT molecular complexity index is 757. The molecule has 1 aromatic carbocycles. The third-order valence-electron chi connectivity index (χ3n) is 4.57. The topological polar surface area (TPSA) is 84.4 Å². The highest BCUT2D eigenvalue weighted by Gasteiger charge is 2.24. The molecule has 1 aliphatic heterocycles. The molecule has 1 fully saturated rings. The Morgan fingerprint density at radius 2 is 1.93 bits per heavy atom. The number of nitrogens with one attached hydrogen (secondary N) is 1. The summed E-state index contributed by atoms with van der Waals surface area (Å²) in [7, 11) is 0. The van der Waals surface area contributed by atoms with Gasteiger partial charge >= 0.3 is 0 Å². The van der Waals surface area contributed by atoms with Gasteiger partial charge in [0, 0.05) is 31.5 Å². The lowest BCUT2D eigenvalue weighted by Crippen LogP contribution is -2.47. The number of rotatable bonds is 6.